The zero-order valence-electron chi connectivity index (χ0n) is 15.7. The second-order valence-electron chi connectivity index (χ2n) is 6.83. The molecule has 0 unspecified atom stereocenters. The highest BCUT2D eigenvalue weighted by molar-refractivity contribution is 5.77. The quantitative estimate of drug-likeness (QED) is 0.816. The Hall–Kier alpha value is -2.82. The largest absolute Gasteiger partial charge is 0.449 e. The summed E-state index contributed by atoms with van der Waals surface area (Å²) in [6, 6.07) is 18.3. The summed E-state index contributed by atoms with van der Waals surface area (Å²) in [6.45, 7) is 4.15. The van der Waals surface area contributed by atoms with Gasteiger partial charge in [0.1, 0.15) is 0 Å². The summed E-state index contributed by atoms with van der Waals surface area (Å²) in [5, 5.41) is 2.95. The molecule has 1 fully saturated rings. The molecule has 0 saturated carbocycles. The average molecular weight is 366 g/mol. The maximum Gasteiger partial charge on any atom is 0.409 e. The van der Waals surface area contributed by atoms with Crippen molar-refractivity contribution in [3.8, 4) is 0 Å². The van der Waals surface area contributed by atoms with Crippen LogP contribution in [0.1, 0.15) is 35.4 Å². The molecular formula is C22H26N2O3. The number of rotatable bonds is 7. The molecule has 1 aliphatic heterocycles. The van der Waals surface area contributed by atoms with E-state index in [0.29, 0.717) is 32.7 Å². The molecule has 1 aliphatic rings. The maximum absolute atomic E-state index is 12.6. The van der Waals surface area contributed by atoms with E-state index in [1.54, 1.807) is 4.90 Å². The molecule has 0 aromatic heterocycles. The first-order valence-electron chi connectivity index (χ1n) is 9.44. The zero-order chi connectivity index (χ0) is 19.1. The molecule has 5 nitrogen and oxygen atoms in total. The summed E-state index contributed by atoms with van der Waals surface area (Å²) in [5.41, 5.74) is 3.47. The highest BCUT2D eigenvalue weighted by Crippen LogP contribution is 2.30. The van der Waals surface area contributed by atoms with Crippen LogP contribution in [0.5, 0.6) is 0 Å². The summed E-state index contributed by atoms with van der Waals surface area (Å²) < 4.78 is 5.02. The predicted molar refractivity (Wildman–Crippen MR) is 105 cm³/mol. The van der Waals surface area contributed by atoms with E-state index in [0.717, 1.165) is 12.0 Å². The minimum absolute atomic E-state index is 0.00681. The number of hydrogen-bond acceptors (Lipinski definition) is 3. The molecule has 2 aromatic carbocycles. The Morgan fingerprint density at radius 2 is 1.89 bits per heavy atom. The van der Waals surface area contributed by atoms with Crippen LogP contribution in [0.15, 0.2) is 54.6 Å². The molecule has 0 radical (unpaired) electrons. The van der Waals surface area contributed by atoms with E-state index in [1.807, 2.05) is 30.3 Å². The van der Waals surface area contributed by atoms with Crippen molar-refractivity contribution in [1.82, 2.24) is 10.2 Å². The van der Waals surface area contributed by atoms with Gasteiger partial charge in [-0.05, 0) is 30.0 Å². The van der Waals surface area contributed by atoms with E-state index < -0.39 is 0 Å². The number of hydrogen-bond donors (Lipinski definition) is 1. The molecule has 27 heavy (non-hydrogen) atoms. The summed E-state index contributed by atoms with van der Waals surface area (Å²) in [4.78, 5) is 25.9. The number of nitrogens with one attached hydrogen (secondary N) is 1. The Balaban J connectivity index is 1.63. The van der Waals surface area contributed by atoms with Crippen LogP contribution in [0.4, 0.5) is 4.79 Å². The van der Waals surface area contributed by atoms with Gasteiger partial charge in [0, 0.05) is 32.0 Å². The molecule has 2 aromatic rings. The third kappa shape index (κ3) is 5.09. The number of carbonyl (C=O) groups is 2. The molecule has 1 N–H and O–H groups in total. The van der Waals surface area contributed by atoms with E-state index in [2.05, 4.69) is 36.5 Å². The fourth-order valence-corrected chi connectivity index (χ4v) is 3.46. The van der Waals surface area contributed by atoms with Crippen LogP contribution in [0.25, 0.3) is 0 Å². The molecule has 3 rings (SSSR count). The number of benzene rings is 2. The molecule has 0 spiro atoms. The Morgan fingerprint density at radius 1 is 1.15 bits per heavy atom. The summed E-state index contributed by atoms with van der Waals surface area (Å²) in [6.07, 6.45) is 0.917. The van der Waals surface area contributed by atoms with Gasteiger partial charge in [-0.15, -0.1) is 0 Å². The van der Waals surface area contributed by atoms with Crippen molar-refractivity contribution in [2.75, 3.05) is 26.2 Å². The van der Waals surface area contributed by atoms with E-state index >= 15 is 0 Å². The molecule has 1 saturated heterocycles. The lowest BCUT2D eigenvalue weighted by Crippen LogP contribution is -2.42. The molecule has 1 atom stereocenters. The molecule has 1 heterocycles. The molecule has 0 bridgehead atoms. The standard InChI is InChI=1S/C22H26N2O3/c1-17-8-5-6-11-19(17)20(18-9-3-2-4-10-18)16-21(25)23-12-14-24-13-7-15-27-22(24)26/h2-6,8-11,20H,7,12-16H2,1H3,(H,23,25)/t20-/m0/s1. The number of amides is 2. The predicted octanol–water partition coefficient (Wildman–Crippen LogP) is 3.48. The summed E-state index contributed by atoms with van der Waals surface area (Å²) >= 11 is 0. The van der Waals surface area contributed by atoms with Crippen molar-refractivity contribution in [2.24, 2.45) is 0 Å². The average Bonchev–Trinajstić information content (AvgIpc) is 2.69. The van der Waals surface area contributed by atoms with Crippen LogP contribution < -0.4 is 5.32 Å². The lowest BCUT2D eigenvalue weighted by atomic mass is 9.86. The van der Waals surface area contributed by atoms with Gasteiger partial charge in [-0.25, -0.2) is 4.79 Å². The number of aryl methyl sites for hydroxylation is 1. The third-order valence-corrected chi connectivity index (χ3v) is 4.92. The van der Waals surface area contributed by atoms with Crippen LogP contribution >= 0.6 is 0 Å². The summed E-state index contributed by atoms with van der Waals surface area (Å²) in [5.74, 6) is -0.00941. The molecular weight excluding hydrogens is 340 g/mol. The number of ether oxygens (including phenoxy) is 1. The van der Waals surface area contributed by atoms with Crippen molar-refractivity contribution >= 4 is 12.0 Å². The fourth-order valence-electron chi connectivity index (χ4n) is 3.46. The van der Waals surface area contributed by atoms with Crippen molar-refractivity contribution in [3.05, 3.63) is 71.3 Å². The van der Waals surface area contributed by atoms with Gasteiger partial charge in [-0.3, -0.25) is 4.79 Å². The first kappa shape index (κ1) is 19.0. The maximum atomic E-state index is 12.6. The monoisotopic (exact) mass is 366 g/mol. The second-order valence-corrected chi connectivity index (χ2v) is 6.83. The smallest absolute Gasteiger partial charge is 0.409 e. The minimum Gasteiger partial charge on any atom is -0.449 e. The minimum atomic E-state index is -0.294. The van der Waals surface area contributed by atoms with Crippen LogP contribution in [0.3, 0.4) is 0 Å². The van der Waals surface area contributed by atoms with E-state index in [4.69, 9.17) is 4.74 Å². The van der Waals surface area contributed by atoms with Crippen molar-refractivity contribution in [2.45, 2.75) is 25.7 Å². The van der Waals surface area contributed by atoms with Gasteiger partial charge in [0.05, 0.1) is 6.61 Å². The van der Waals surface area contributed by atoms with Crippen molar-refractivity contribution in [3.63, 3.8) is 0 Å². The van der Waals surface area contributed by atoms with Crippen LogP contribution in [-0.4, -0.2) is 43.1 Å². The zero-order valence-corrected chi connectivity index (χ0v) is 15.7. The topological polar surface area (TPSA) is 58.6 Å². The van der Waals surface area contributed by atoms with Crippen LogP contribution in [0, 0.1) is 6.92 Å². The normalized spacial score (nSPS) is 15.1. The van der Waals surface area contributed by atoms with Gasteiger partial charge in [0.15, 0.2) is 0 Å². The van der Waals surface area contributed by atoms with E-state index in [1.165, 1.54) is 11.1 Å². The first-order chi connectivity index (χ1) is 13.1. The number of nitrogens with zero attached hydrogens (tertiary/aromatic N) is 1. The van der Waals surface area contributed by atoms with Crippen LogP contribution in [-0.2, 0) is 9.53 Å². The van der Waals surface area contributed by atoms with E-state index in [9.17, 15) is 9.59 Å². The molecule has 0 aliphatic carbocycles. The van der Waals surface area contributed by atoms with Gasteiger partial charge >= 0.3 is 6.09 Å². The highest BCUT2D eigenvalue weighted by Gasteiger charge is 2.21. The van der Waals surface area contributed by atoms with Crippen LogP contribution in [0.2, 0.25) is 0 Å². The SMILES string of the molecule is Cc1ccccc1[C@@H](CC(=O)NCCN1CCCOC1=O)c1ccccc1. The third-order valence-electron chi connectivity index (χ3n) is 4.92. The van der Waals surface area contributed by atoms with Gasteiger partial charge in [0.25, 0.3) is 0 Å². The van der Waals surface area contributed by atoms with Gasteiger partial charge in [0.2, 0.25) is 5.91 Å². The Bertz CT molecular complexity index is 776. The fraction of sp³-hybridized carbons (Fsp3) is 0.364. The number of carbonyl (C=O) groups excluding carboxylic acids is 2. The first-order valence-corrected chi connectivity index (χ1v) is 9.44. The van der Waals surface area contributed by atoms with E-state index in [-0.39, 0.29) is 17.9 Å². The Morgan fingerprint density at radius 3 is 2.63 bits per heavy atom. The van der Waals surface area contributed by atoms with Gasteiger partial charge in [-0.2, -0.15) is 0 Å². The second kappa shape index (κ2) is 9.21. The van der Waals surface area contributed by atoms with Crippen molar-refractivity contribution < 1.29 is 14.3 Å². The van der Waals surface area contributed by atoms with Crippen molar-refractivity contribution in [1.29, 1.82) is 0 Å². The lowest BCUT2D eigenvalue weighted by molar-refractivity contribution is -0.121. The number of cyclic esters (lactones) is 1. The lowest BCUT2D eigenvalue weighted by Gasteiger charge is -2.26. The Labute approximate surface area is 160 Å². The molecule has 2 amide bonds. The molecule has 5 heteroatoms. The highest BCUT2D eigenvalue weighted by atomic mass is 16.6. The summed E-state index contributed by atoms with van der Waals surface area (Å²) in [7, 11) is 0. The van der Waals surface area contributed by atoms with Gasteiger partial charge in [-0.1, -0.05) is 54.6 Å². The molecule has 142 valence electrons. The Kier molecular flexibility index (Phi) is 6.47. The van der Waals surface area contributed by atoms with Gasteiger partial charge < -0.3 is 15.0 Å².